The Morgan fingerprint density at radius 2 is 2.29 bits per heavy atom. The van der Waals surface area contributed by atoms with E-state index < -0.39 is 0 Å². The molecule has 4 heteroatoms. The largest absolute Gasteiger partial charge is 0.329 e. The SMILES string of the molecule is NCCNCc1ccc(CCF)nc1. The van der Waals surface area contributed by atoms with Crippen LogP contribution in [0.3, 0.4) is 0 Å². The van der Waals surface area contributed by atoms with Gasteiger partial charge in [0.1, 0.15) is 0 Å². The van der Waals surface area contributed by atoms with E-state index in [0.717, 1.165) is 24.3 Å². The smallest absolute Gasteiger partial charge is 0.0949 e. The second-order valence-electron chi connectivity index (χ2n) is 3.06. The molecule has 0 aliphatic heterocycles. The number of nitrogens with one attached hydrogen (secondary N) is 1. The third-order valence-corrected chi connectivity index (χ3v) is 1.89. The summed E-state index contributed by atoms with van der Waals surface area (Å²) in [6, 6.07) is 3.82. The molecule has 0 aliphatic carbocycles. The fourth-order valence-corrected chi connectivity index (χ4v) is 1.14. The molecule has 0 radical (unpaired) electrons. The summed E-state index contributed by atoms with van der Waals surface area (Å²) in [7, 11) is 0. The van der Waals surface area contributed by atoms with Crippen LogP contribution < -0.4 is 11.1 Å². The predicted octanol–water partition coefficient (Wildman–Crippen LogP) is 0.642. The molecular formula is C10H16FN3. The van der Waals surface area contributed by atoms with Crippen LogP contribution in [0.1, 0.15) is 11.3 Å². The van der Waals surface area contributed by atoms with Crippen LogP contribution in [0.2, 0.25) is 0 Å². The molecule has 0 aromatic carbocycles. The van der Waals surface area contributed by atoms with Crippen molar-refractivity contribution in [3.05, 3.63) is 29.6 Å². The monoisotopic (exact) mass is 197 g/mol. The Labute approximate surface area is 83.5 Å². The molecule has 1 heterocycles. The summed E-state index contributed by atoms with van der Waals surface area (Å²) in [6.07, 6.45) is 2.17. The Hall–Kier alpha value is -1.00. The van der Waals surface area contributed by atoms with Crippen molar-refractivity contribution in [1.82, 2.24) is 10.3 Å². The first kappa shape index (κ1) is 11.1. The summed E-state index contributed by atoms with van der Waals surface area (Å²) < 4.78 is 12.0. The molecule has 0 saturated carbocycles. The number of nitrogens with zero attached hydrogens (tertiary/aromatic N) is 1. The van der Waals surface area contributed by atoms with Gasteiger partial charge in [-0.1, -0.05) is 6.07 Å². The number of hydrogen-bond acceptors (Lipinski definition) is 3. The topological polar surface area (TPSA) is 50.9 Å². The van der Waals surface area contributed by atoms with E-state index in [-0.39, 0.29) is 6.67 Å². The van der Waals surface area contributed by atoms with Gasteiger partial charge in [-0.25, -0.2) is 0 Å². The highest BCUT2D eigenvalue weighted by molar-refractivity contribution is 5.14. The number of aryl methyl sites for hydroxylation is 1. The predicted molar refractivity (Wildman–Crippen MR) is 54.7 cm³/mol. The number of alkyl halides is 1. The molecule has 0 bridgehead atoms. The molecule has 1 rings (SSSR count). The molecule has 0 saturated heterocycles. The van der Waals surface area contributed by atoms with E-state index in [0.29, 0.717) is 13.0 Å². The summed E-state index contributed by atoms with van der Waals surface area (Å²) in [5, 5.41) is 3.16. The molecule has 0 spiro atoms. The number of pyridine rings is 1. The van der Waals surface area contributed by atoms with Crippen LogP contribution in [0, 0.1) is 0 Å². The summed E-state index contributed by atoms with van der Waals surface area (Å²) >= 11 is 0. The first-order valence-electron chi connectivity index (χ1n) is 4.77. The van der Waals surface area contributed by atoms with Crippen LogP contribution in [0.5, 0.6) is 0 Å². The van der Waals surface area contributed by atoms with E-state index >= 15 is 0 Å². The molecule has 3 N–H and O–H groups in total. The van der Waals surface area contributed by atoms with Crippen LogP contribution >= 0.6 is 0 Å². The minimum absolute atomic E-state index is 0.349. The van der Waals surface area contributed by atoms with Crippen molar-refractivity contribution in [1.29, 1.82) is 0 Å². The lowest BCUT2D eigenvalue weighted by molar-refractivity contribution is 0.492. The Bertz CT molecular complexity index is 248. The van der Waals surface area contributed by atoms with Gasteiger partial charge in [-0.3, -0.25) is 9.37 Å². The molecule has 3 nitrogen and oxygen atoms in total. The van der Waals surface area contributed by atoms with E-state index in [1.165, 1.54) is 0 Å². The second kappa shape index (κ2) is 6.45. The Balaban J connectivity index is 2.38. The van der Waals surface area contributed by atoms with E-state index in [4.69, 9.17) is 5.73 Å². The van der Waals surface area contributed by atoms with Crippen LogP contribution in [-0.4, -0.2) is 24.7 Å². The zero-order valence-electron chi connectivity index (χ0n) is 8.17. The Morgan fingerprint density at radius 1 is 1.43 bits per heavy atom. The summed E-state index contributed by atoms with van der Waals surface area (Å²) in [4.78, 5) is 4.14. The van der Waals surface area contributed by atoms with Crippen molar-refractivity contribution < 1.29 is 4.39 Å². The first-order valence-corrected chi connectivity index (χ1v) is 4.77. The van der Waals surface area contributed by atoms with Gasteiger partial charge in [-0.15, -0.1) is 0 Å². The van der Waals surface area contributed by atoms with Crippen LogP contribution in [0.25, 0.3) is 0 Å². The van der Waals surface area contributed by atoms with Crippen molar-refractivity contribution >= 4 is 0 Å². The van der Waals surface area contributed by atoms with Gasteiger partial charge in [0.2, 0.25) is 0 Å². The van der Waals surface area contributed by atoms with Crippen LogP contribution in [0.4, 0.5) is 4.39 Å². The van der Waals surface area contributed by atoms with Gasteiger partial charge in [0.05, 0.1) is 6.67 Å². The van der Waals surface area contributed by atoms with E-state index in [9.17, 15) is 4.39 Å². The molecule has 0 fully saturated rings. The highest BCUT2D eigenvalue weighted by Crippen LogP contribution is 2.00. The zero-order chi connectivity index (χ0) is 10.2. The van der Waals surface area contributed by atoms with Gasteiger partial charge >= 0.3 is 0 Å². The van der Waals surface area contributed by atoms with Crippen molar-refractivity contribution in [2.45, 2.75) is 13.0 Å². The molecule has 0 amide bonds. The van der Waals surface area contributed by atoms with Crippen molar-refractivity contribution in [2.24, 2.45) is 5.73 Å². The summed E-state index contributed by atoms with van der Waals surface area (Å²) in [5.74, 6) is 0. The standard InChI is InChI=1S/C10H16FN3/c11-4-3-10-2-1-9(8-14-10)7-13-6-5-12/h1-2,8,13H,3-7,12H2. The third kappa shape index (κ3) is 3.81. The van der Waals surface area contributed by atoms with Crippen molar-refractivity contribution in [2.75, 3.05) is 19.8 Å². The number of aromatic nitrogens is 1. The molecule has 1 aromatic rings. The lowest BCUT2D eigenvalue weighted by Crippen LogP contribution is -2.21. The van der Waals surface area contributed by atoms with Crippen molar-refractivity contribution in [3.8, 4) is 0 Å². The zero-order valence-corrected chi connectivity index (χ0v) is 8.17. The van der Waals surface area contributed by atoms with E-state index in [2.05, 4.69) is 10.3 Å². The highest BCUT2D eigenvalue weighted by atomic mass is 19.1. The van der Waals surface area contributed by atoms with E-state index in [1.54, 1.807) is 6.20 Å². The van der Waals surface area contributed by atoms with Gasteiger partial charge in [0, 0.05) is 37.9 Å². The fourth-order valence-electron chi connectivity index (χ4n) is 1.14. The number of halogens is 1. The first-order chi connectivity index (χ1) is 6.86. The number of nitrogens with two attached hydrogens (primary N) is 1. The maximum absolute atomic E-state index is 12.0. The molecule has 0 atom stereocenters. The maximum Gasteiger partial charge on any atom is 0.0949 e. The van der Waals surface area contributed by atoms with Gasteiger partial charge < -0.3 is 11.1 Å². The lowest BCUT2D eigenvalue weighted by Gasteiger charge is -2.03. The number of rotatable bonds is 6. The second-order valence-corrected chi connectivity index (χ2v) is 3.06. The number of hydrogen-bond donors (Lipinski definition) is 2. The maximum atomic E-state index is 12.0. The van der Waals surface area contributed by atoms with Gasteiger partial charge in [-0.05, 0) is 11.6 Å². The highest BCUT2D eigenvalue weighted by Gasteiger charge is 1.95. The quantitative estimate of drug-likeness (QED) is 0.658. The van der Waals surface area contributed by atoms with Crippen molar-refractivity contribution in [3.63, 3.8) is 0 Å². The molecule has 0 aliphatic rings. The van der Waals surface area contributed by atoms with E-state index in [1.807, 2.05) is 12.1 Å². The fraction of sp³-hybridized carbons (Fsp3) is 0.500. The minimum Gasteiger partial charge on any atom is -0.329 e. The average Bonchev–Trinajstić information content (AvgIpc) is 2.21. The molecular weight excluding hydrogens is 181 g/mol. The molecule has 78 valence electrons. The minimum atomic E-state index is -0.349. The van der Waals surface area contributed by atoms with Gasteiger partial charge in [-0.2, -0.15) is 0 Å². The van der Waals surface area contributed by atoms with Gasteiger partial charge in [0.15, 0.2) is 0 Å². The van der Waals surface area contributed by atoms with Gasteiger partial charge in [0.25, 0.3) is 0 Å². The average molecular weight is 197 g/mol. The van der Waals surface area contributed by atoms with Crippen LogP contribution in [-0.2, 0) is 13.0 Å². The molecule has 0 unspecified atom stereocenters. The molecule has 1 aromatic heterocycles. The Morgan fingerprint density at radius 3 is 2.86 bits per heavy atom. The third-order valence-electron chi connectivity index (χ3n) is 1.89. The summed E-state index contributed by atoms with van der Waals surface area (Å²) in [5.41, 5.74) is 7.24. The normalized spacial score (nSPS) is 10.4. The summed E-state index contributed by atoms with van der Waals surface area (Å²) in [6.45, 7) is 1.84. The molecule has 14 heavy (non-hydrogen) atoms. The van der Waals surface area contributed by atoms with Crippen LogP contribution in [0.15, 0.2) is 18.3 Å². The Kier molecular flexibility index (Phi) is 5.11. The lowest BCUT2D eigenvalue weighted by atomic mass is 10.2.